The van der Waals surface area contributed by atoms with Gasteiger partial charge in [-0.1, -0.05) is 72.8 Å². The molecular weight excluding hydrogens is 462 g/mol. The van der Waals surface area contributed by atoms with Gasteiger partial charge in [-0.15, -0.1) is 0 Å². The van der Waals surface area contributed by atoms with Crippen molar-refractivity contribution in [3.63, 3.8) is 0 Å². The molecule has 0 bridgehead atoms. The minimum atomic E-state index is -3.40. The van der Waals surface area contributed by atoms with Gasteiger partial charge in [0.15, 0.2) is 0 Å². The monoisotopic (exact) mass is 491 g/mol. The van der Waals surface area contributed by atoms with Gasteiger partial charge in [0.25, 0.3) is 0 Å². The second-order valence-electron chi connectivity index (χ2n) is 8.89. The summed E-state index contributed by atoms with van der Waals surface area (Å²) in [6.45, 7) is 2.40. The first-order valence-corrected chi connectivity index (χ1v) is 13.4. The van der Waals surface area contributed by atoms with Gasteiger partial charge in [0.1, 0.15) is 12.4 Å². The summed E-state index contributed by atoms with van der Waals surface area (Å²) in [5, 5.41) is 0. The number of carbonyl (C=O) groups excluding carboxylic acids is 1. The molecule has 3 aromatic rings. The number of fused-ring (bicyclic) bond motifs is 1. The molecule has 35 heavy (non-hydrogen) atoms. The van der Waals surface area contributed by atoms with Crippen LogP contribution in [0.1, 0.15) is 17.2 Å². The quantitative estimate of drug-likeness (QED) is 0.529. The van der Waals surface area contributed by atoms with Crippen LogP contribution in [0.3, 0.4) is 0 Å². The standard InChI is InChI=1S/C27H29N3O4S/c31-27(19-28-15-17-29(18-16-28)35(32,33)21-22-9-3-1-4-10-22)30-24-13-7-8-14-26(24)34-20-25(30)23-11-5-2-6-12-23/h1-14,25H,15-21H2/t25-/m1/s1. The molecule has 1 saturated heterocycles. The van der Waals surface area contributed by atoms with Crippen molar-refractivity contribution in [2.24, 2.45) is 0 Å². The van der Waals surface area contributed by atoms with Crippen molar-refractivity contribution >= 4 is 21.6 Å². The van der Waals surface area contributed by atoms with E-state index in [-0.39, 0.29) is 24.2 Å². The van der Waals surface area contributed by atoms with E-state index < -0.39 is 10.0 Å². The number of hydrogen-bond donors (Lipinski definition) is 0. The van der Waals surface area contributed by atoms with E-state index in [4.69, 9.17) is 4.74 Å². The van der Waals surface area contributed by atoms with Crippen molar-refractivity contribution < 1.29 is 17.9 Å². The van der Waals surface area contributed by atoms with Crippen LogP contribution in [0, 0.1) is 0 Å². The van der Waals surface area contributed by atoms with Crippen LogP contribution < -0.4 is 9.64 Å². The topological polar surface area (TPSA) is 70.2 Å². The Hall–Kier alpha value is -3.20. The number of sulfonamides is 1. The highest BCUT2D eigenvalue weighted by Crippen LogP contribution is 2.39. The lowest BCUT2D eigenvalue weighted by molar-refractivity contribution is -0.121. The Bertz CT molecular complexity index is 1260. The van der Waals surface area contributed by atoms with E-state index in [0.717, 1.165) is 16.8 Å². The lowest BCUT2D eigenvalue weighted by Gasteiger charge is -2.39. The van der Waals surface area contributed by atoms with Crippen LogP contribution in [0.5, 0.6) is 5.75 Å². The number of nitrogens with zero attached hydrogens (tertiary/aromatic N) is 3. The average Bonchev–Trinajstić information content (AvgIpc) is 2.89. The third-order valence-electron chi connectivity index (χ3n) is 6.56. The fraction of sp³-hybridized carbons (Fsp3) is 0.296. The maximum absolute atomic E-state index is 13.6. The molecule has 5 rings (SSSR count). The van der Waals surface area contributed by atoms with Crippen LogP contribution in [-0.4, -0.2) is 62.9 Å². The molecule has 3 aromatic carbocycles. The smallest absolute Gasteiger partial charge is 0.241 e. The summed E-state index contributed by atoms with van der Waals surface area (Å²) >= 11 is 0. The van der Waals surface area contributed by atoms with Gasteiger partial charge < -0.3 is 4.74 Å². The van der Waals surface area contributed by atoms with E-state index in [1.165, 1.54) is 4.31 Å². The predicted octanol–water partition coefficient (Wildman–Crippen LogP) is 3.30. The summed E-state index contributed by atoms with van der Waals surface area (Å²) in [4.78, 5) is 17.5. The minimum Gasteiger partial charge on any atom is -0.489 e. The number of hydrogen-bond acceptors (Lipinski definition) is 5. The first kappa shape index (κ1) is 23.5. The fourth-order valence-electron chi connectivity index (χ4n) is 4.73. The number of benzene rings is 3. The van der Waals surface area contributed by atoms with Gasteiger partial charge in [-0.3, -0.25) is 14.6 Å². The average molecular weight is 492 g/mol. The molecular formula is C27H29N3O4S. The zero-order valence-corrected chi connectivity index (χ0v) is 20.3. The van der Waals surface area contributed by atoms with E-state index in [2.05, 4.69) is 0 Å². The van der Waals surface area contributed by atoms with Gasteiger partial charge in [0.2, 0.25) is 15.9 Å². The van der Waals surface area contributed by atoms with Crippen LogP contribution in [0.25, 0.3) is 0 Å². The van der Waals surface area contributed by atoms with Crippen LogP contribution in [-0.2, 0) is 20.6 Å². The third kappa shape index (κ3) is 5.24. The fourth-order valence-corrected chi connectivity index (χ4v) is 6.24. The molecule has 0 N–H and O–H groups in total. The maximum Gasteiger partial charge on any atom is 0.241 e. The van der Waals surface area contributed by atoms with Gasteiger partial charge in [0.05, 0.1) is 24.0 Å². The second kappa shape index (κ2) is 10.2. The number of para-hydroxylation sites is 2. The molecule has 1 fully saturated rings. The number of ether oxygens (including phenoxy) is 1. The number of piperazine rings is 1. The second-order valence-corrected chi connectivity index (χ2v) is 10.9. The van der Waals surface area contributed by atoms with Crippen LogP contribution in [0.2, 0.25) is 0 Å². The lowest BCUT2D eigenvalue weighted by atomic mass is 10.0. The molecule has 7 nitrogen and oxygen atoms in total. The van der Waals surface area contributed by atoms with Crippen LogP contribution in [0.15, 0.2) is 84.9 Å². The van der Waals surface area contributed by atoms with Gasteiger partial charge in [-0.2, -0.15) is 4.31 Å². The van der Waals surface area contributed by atoms with E-state index in [1.807, 2.05) is 94.7 Å². The predicted molar refractivity (Wildman–Crippen MR) is 136 cm³/mol. The largest absolute Gasteiger partial charge is 0.489 e. The minimum absolute atomic E-state index is 0.00388. The summed E-state index contributed by atoms with van der Waals surface area (Å²) in [7, 11) is -3.40. The van der Waals surface area contributed by atoms with Gasteiger partial charge >= 0.3 is 0 Å². The summed E-state index contributed by atoms with van der Waals surface area (Å²) in [6, 6.07) is 26.5. The Morgan fingerprint density at radius 2 is 1.46 bits per heavy atom. The molecule has 8 heteroatoms. The number of carbonyl (C=O) groups is 1. The van der Waals surface area contributed by atoms with Crippen molar-refractivity contribution in [1.29, 1.82) is 0 Å². The van der Waals surface area contributed by atoms with Crippen molar-refractivity contribution in [2.45, 2.75) is 11.8 Å². The molecule has 0 unspecified atom stereocenters. The molecule has 1 amide bonds. The molecule has 0 aromatic heterocycles. The van der Waals surface area contributed by atoms with E-state index in [1.54, 1.807) is 0 Å². The zero-order chi connectivity index (χ0) is 24.3. The van der Waals surface area contributed by atoms with Crippen LogP contribution in [0.4, 0.5) is 5.69 Å². The highest BCUT2D eigenvalue weighted by molar-refractivity contribution is 7.88. The zero-order valence-electron chi connectivity index (χ0n) is 19.5. The van der Waals surface area contributed by atoms with Gasteiger partial charge in [0, 0.05) is 26.2 Å². The summed E-state index contributed by atoms with van der Waals surface area (Å²) in [5.74, 6) is 0.677. The van der Waals surface area contributed by atoms with Crippen molar-refractivity contribution in [2.75, 3.05) is 44.2 Å². The van der Waals surface area contributed by atoms with Crippen LogP contribution >= 0.6 is 0 Å². The third-order valence-corrected chi connectivity index (χ3v) is 8.41. The number of rotatable bonds is 6. The molecule has 0 aliphatic carbocycles. The Kier molecular flexibility index (Phi) is 6.86. The molecule has 1 atom stereocenters. The van der Waals surface area contributed by atoms with Crippen molar-refractivity contribution in [3.05, 3.63) is 96.1 Å². The Morgan fingerprint density at radius 3 is 2.17 bits per heavy atom. The Balaban J connectivity index is 1.27. The molecule has 2 heterocycles. The number of anilines is 1. The molecule has 2 aliphatic heterocycles. The van der Waals surface area contributed by atoms with E-state index in [9.17, 15) is 13.2 Å². The lowest BCUT2D eigenvalue weighted by Crippen LogP contribution is -2.52. The summed E-state index contributed by atoms with van der Waals surface area (Å²) < 4.78 is 33.3. The highest BCUT2D eigenvalue weighted by Gasteiger charge is 2.35. The molecule has 2 aliphatic rings. The summed E-state index contributed by atoms with van der Waals surface area (Å²) in [5.41, 5.74) is 2.57. The SMILES string of the molecule is O=C(CN1CCN(S(=O)(=O)Cc2ccccc2)CC1)N1c2ccccc2OC[C@@H]1c1ccccc1. The summed E-state index contributed by atoms with van der Waals surface area (Å²) in [6.07, 6.45) is 0. The number of amides is 1. The van der Waals surface area contributed by atoms with Crippen molar-refractivity contribution in [1.82, 2.24) is 9.21 Å². The first-order valence-electron chi connectivity index (χ1n) is 11.8. The molecule has 0 radical (unpaired) electrons. The van der Waals surface area contributed by atoms with E-state index >= 15 is 0 Å². The van der Waals surface area contributed by atoms with Gasteiger partial charge in [-0.25, -0.2) is 8.42 Å². The highest BCUT2D eigenvalue weighted by atomic mass is 32.2. The molecule has 0 saturated carbocycles. The van der Waals surface area contributed by atoms with Gasteiger partial charge in [-0.05, 0) is 23.3 Å². The Labute approximate surface area is 206 Å². The maximum atomic E-state index is 13.6. The molecule has 182 valence electrons. The Morgan fingerprint density at radius 1 is 0.829 bits per heavy atom. The normalized spacial score (nSPS) is 19.1. The van der Waals surface area contributed by atoms with E-state index in [0.29, 0.717) is 38.5 Å². The van der Waals surface area contributed by atoms with Crippen molar-refractivity contribution in [3.8, 4) is 5.75 Å². The first-order chi connectivity index (χ1) is 17.0. The molecule has 0 spiro atoms.